The van der Waals surface area contributed by atoms with Crippen LogP contribution < -0.4 is 5.32 Å². The van der Waals surface area contributed by atoms with Crippen molar-refractivity contribution in [1.29, 1.82) is 0 Å². The number of rotatable bonds is 4. The number of hydrogen-bond acceptors (Lipinski definition) is 4. The predicted molar refractivity (Wildman–Crippen MR) is 97.8 cm³/mol. The number of carbonyl (C=O) groups is 2. The number of anilines is 1. The van der Waals surface area contributed by atoms with E-state index in [1.807, 2.05) is 30.3 Å². The van der Waals surface area contributed by atoms with Gasteiger partial charge in [0.2, 0.25) is 5.91 Å². The zero-order chi connectivity index (χ0) is 18.5. The summed E-state index contributed by atoms with van der Waals surface area (Å²) in [7, 11) is 0. The van der Waals surface area contributed by atoms with E-state index >= 15 is 0 Å². The average Bonchev–Trinajstić information content (AvgIpc) is 3.13. The number of aryl methyl sites for hydroxylation is 1. The molecule has 0 radical (unpaired) electrons. The summed E-state index contributed by atoms with van der Waals surface area (Å²) in [4.78, 5) is 26.5. The molecule has 0 saturated carbocycles. The van der Waals surface area contributed by atoms with Crippen molar-refractivity contribution in [1.82, 2.24) is 4.90 Å². The lowest BCUT2D eigenvalue weighted by molar-refractivity contribution is -0.120. The van der Waals surface area contributed by atoms with Crippen molar-refractivity contribution >= 4 is 17.7 Å². The topological polar surface area (TPSA) is 78.9 Å². The molecule has 136 valence electrons. The fourth-order valence-electron chi connectivity index (χ4n) is 3.06. The Kier molecular flexibility index (Phi) is 5.41. The SMILES string of the molecule is Cc1cc(O)ccc1NC(=O)C1CCCN1C(=O)OCc1ccccc1. The van der Waals surface area contributed by atoms with Crippen molar-refractivity contribution in [2.45, 2.75) is 32.4 Å². The first-order valence-corrected chi connectivity index (χ1v) is 8.62. The Morgan fingerprint density at radius 2 is 2.00 bits per heavy atom. The molecule has 26 heavy (non-hydrogen) atoms. The lowest BCUT2D eigenvalue weighted by atomic mass is 10.1. The summed E-state index contributed by atoms with van der Waals surface area (Å²) in [6.07, 6.45) is 0.880. The van der Waals surface area contributed by atoms with Crippen LogP contribution in [0.2, 0.25) is 0 Å². The number of aromatic hydroxyl groups is 1. The summed E-state index contributed by atoms with van der Waals surface area (Å²) < 4.78 is 5.36. The number of phenols is 1. The summed E-state index contributed by atoms with van der Waals surface area (Å²) >= 11 is 0. The van der Waals surface area contributed by atoms with Crippen molar-refractivity contribution < 1.29 is 19.4 Å². The molecule has 0 bridgehead atoms. The standard InChI is InChI=1S/C20H22N2O4/c1-14-12-16(23)9-10-17(14)21-19(24)18-8-5-11-22(18)20(25)26-13-15-6-3-2-4-7-15/h2-4,6-7,9-10,12,18,23H,5,8,11,13H2,1H3,(H,21,24). The summed E-state index contributed by atoms with van der Waals surface area (Å²) in [5.74, 6) is -0.0968. The molecule has 2 amide bonds. The van der Waals surface area contributed by atoms with E-state index in [4.69, 9.17) is 4.74 Å². The van der Waals surface area contributed by atoms with E-state index in [1.54, 1.807) is 19.1 Å². The second kappa shape index (κ2) is 7.91. The Hall–Kier alpha value is -3.02. The highest BCUT2D eigenvalue weighted by Gasteiger charge is 2.35. The molecule has 3 rings (SSSR count). The van der Waals surface area contributed by atoms with Crippen molar-refractivity contribution in [3.05, 3.63) is 59.7 Å². The van der Waals surface area contributed by atoms with Crippen LogP contribution in [0.4, 0.5) is 10.5 Å². The van der Waals surface area contributed by atoms with Crippen LogP contribution >= 0.6 is 0 Å². The number of carbonyl (C=O) groups excluding carboxylic acids is 2. The molecule has 6 nitrogen and oxygen atoms in total. The minimum Gasteiger partial charge on any atom is -0.508 e. The summed E-state index contributed by atoms with van der Waals surface area (Å²) in [6, 6.07) is 13.6. The van der Waals surface area contributed by atoms with Crippen molar-refractivity contribution in [3.8, 4) is 5.75 Å². The highest BCUT2D eigenvalue weighted by Crippen LogP contribution is 2.24. The largest absolute Gasteiger partial charge is 0.508 e. The lowest BCUT2D eigenvalue weighted by Crippen LogP contribution is -2.43. The van der Waals surface area contributed by atoms with Gasteiger partial charge >= 0.3 is 6.09 Å². The molecule has 2 aromatic carbocycles. The van der Waals surface area contributed by atoms with Gasteiger partial charge < -0.3 is 15.2 Å². The molecular weight excluding hydrogens is 332 g/mol. The molecule has 1 saturated heterocycles. The van der Waals surface area contributed by atoms with Crippen LogP contribution in [0.25, 0.3) is 0 Å². The van der Waals surface area contributed by atoms with E-state index in [1.165, 1.54) is 11.0 Å². The fourth-order valence-corrected chi connectivity index (χ4v) is 3.06. The Morgan fingerprint density at radius 1 is 1.23 bits per heavy atom. The Balaban J connectivity index is 1.61. The third kappa shape index (κ3) is 4.14. The quantitative estimate of drug-likeness (QED) is 0.825. The third-order valence-corrected chi connectivity index (χ3v) is 4.46. The van der Waals surface area contributed by atoms with Crippen LogP contribution in [0.1, 0.15) is 24.0 Å². The van der Waals surface area contributed by atoms with Gasteiger partial charge in [0.05, 0.1) is 0 Å². The number of benzene rings is 2. The van der Waals surface area contributed by atoms with Crippen LogP contribution in [0.5, 0.6) is 5.75 Å². The van der Waals surface area contributed by atoms with Gasteiger partial charge in [-0.1, -0.05) is 30.3 Å². The number of nitrogens with zero attached hydrogens (tertiary/aromatic N) is 1. The van der Waals surface area contributed by atoms with E-state index in [0.717, 1.165) is 17.5 Å². The Bertz CT molecular complexity index is 792. The van der Waals surface area contributed by atoms with Gasteiger partial charge in [-0.15, -0.1) is 0 Å². The van der Waals surface area contributed by atoms with Crippen molar-refractivity contribution in [2.24, 2.45) is 0 Å². The molecule has 6 heteroatoms. The van der Waals surface area contributed by atoms with Gasteiger partial charge in [-0.05, 0) is 49.1 Å². The molecule has 2 aromatic rings. The highest BCUT2D eigenvalue weighted by atomic mass is 16.6. The maximum atomic E-state index is 12.6. The fraction of sp³-hybridized carbons (Fsp3) is 0.300. The minimum atomic E-state index is -0.550. The van der Waals surface area contributed by atoms with E-state index in [2.05, 4.69) is 5.32 Å². The van der Waals surface area contributed by atoms with Gasteiger partial charge in [-0.3, -0.25) is 9.69 Å². The van der Waals surface area contributed by atoms with Crippen LogP contribution in [0.3, 0.4) is 0 Å². The maximum Gasteiger partial charge on any atom is 0.410 e. The van der Waals surface area contributed by atoms with Crippen molar-refractivity contribution in [3.63, 3.8) is 0 Å². The third-order valence-electron chi connectivity index (χ3n) is 4.46. The van der Waals surface area contributed by atoms with Crippen molar-refractivity contribution in [2.75, 3.05) is 11.9 Å². The number of amides is 2. The van der Waals surface area contributed by atoms with Crippen LogP contribution in [-0.2, 0) is 16.1 Å². The van der Waals surface area contributed by atoms with Gasteiger partial charge in [0, 0.05) is 12.2 Å². The van der Waals surface area contributed by atoms with E-state index in [-0.39, 0.29) is 18.3 Å². The number of phenolic OH excluding ortho intramolecular Hbond substituents is 1. The maximum absolute atomic E-state index is 12.6. The molecule has 1 aliphatic rings. The first-order chi connectivity index (χ1) is 12.5. The zero-order valence-electron chi connectivity index (χ0n) is 14.6. The summed E-state index contributed by atoms with van der Waals surface area (Å²) in [6.45, 7) is 2.48. The van der Waals surface area contributed by atoms with Gasteiger partial charge in [0.15, 0.2) is 0 Å². The van der Waals surface area contributed by atoms with E-state index in [9.17, 15) is 14.7 Å². The molecule has 0 spiro atoms. The molecule has 1 heterocycles. The average molecular weight is 354 g/mol. The molecule has 0 aromatic heterocycles. The van der Waals surface area contributed by atoms with Gasteiger partial charge in [-0.25, -0.2) is 4.79 Å². The minimum absolute atomic E-state index is 0.146. The monoisotopic (exact) mass is 354 g/mol. The first-order valence-electron chi connectivity index (χ1n) is 8.62. The molecule has 1 unspecified atom stereocenters. The van der Waals surface area contributed by atoms with Gasteiger partial charge in [0.25, 0.3) is 0 Å². The second-order valence-electron chi connectivity index (χ2n) is 6.38. The lowest BCUT2D eigenvalue weighted by Gasteiger charge is -2.23. The first kappa shape index (κ1) is 17.8. The van der Waals surface area contributed by atoms with E-state index < -0.39 is 12.1 Å². The number of nitrogens with one attached hydrogen (secondary N) is 1. The number of ether oxygens (including phenoxy) is 1. The smallest absolute Gasteiger partial charge is 0.410 e. The highest BCUT2D eigenvalue weighted by molar-refractivity contribution is 5.97. The predicted octanol–water partition coefficient (Wildman–Crippen LogP) is 3.44. The molecule has 1 fully saturated rings. The molecule has 2 N–H and O–H groups in total. The second-order valence-corrected chi connectivity index (χ2v) is 6.38. The van der Waals surface area contributed by atoms with Crippen LogP contribution in [0, 0.1) is 6.92 Å². The van der Waals surface area contributed by atoms with E-state index in [0.29, 0.717) is 18.7 Å². The van der Waals surface area contributed by atoms with Crippen LogP contribution in [0.15, 0.2) is 48.5 Å². The Morgan fingerprint density at radius 3 is 2.73 bits per heavy atom. The Labute approximate surface area is 152 Å². The normalized spacial score (nSPS) is 16.3. The molecule has 1 atom stereocenters. The van der Waals surface area contributed by atoms with Gasteiger partial charge in [-0.2, -0.15) is 0 Å². The summed E-state index contributed by atoms with van der Waals surface area (Å²) in [5, 5.41) is 12.3. The molecular formula is C20H22N2O4. The molecule has 1 aliphatic heterocycles. The number of hydrogen-bond donors (Lipinski definition) is 2. The van der Waals surface area contributed by atoms with Gasteiger partial charge in [0.1, 0.15) is 18.4 Å². The van der Waals surface area contributed by atoms with Crippen LogP contribution in [-0.4, -0.2) is 34.6 Å². The zero-order valence-corrected chi connectivity index (χ0v) is 14.6. The summed E-state index contributed by atoms with van der Waals surface area (Å²) in [5.41, 5.74) is 2.28. The number of likely N-dealkylation sites (tertiary alicyclic amines) is 1. The molecule has 0 aliphatic carbocycles.